The van der Waals surface area contributed by atoms with Crippen LogP contribution in [-0.2, 0) is 17.8 Å². The van der Waals surface area contributed by atoms with E-state index in [-0.39, 0.29) is 11.9 Å². The van der Waals surface area contributed by atoms with Gasteiger partial charge in [-0.05, 0) is 43.2 Å². The van der Waals surface area contributed by atoms with Gasteiger partial charge in [0.2, 0.25) is 5.91 Å². The average Bonchev–Trinajstić information content (AvgIpc) is 3.03. The molecule has 1 unspecified atom stereocenters. The number of aryl methyl sites for hydroxylation is 1. The maximum absolute atomic E-state index is 12.5. The Hall–Kier alpha value is -2.23. The second kappa shape index (κ2) is 6.26. The molecule has 1 aromatic heterocycles. The van der Waals surface area contributed by atoms with Crippen LogP contribution in [-0.4, -0.2) is 29.0 Å². The van der Waals surface area contributed by atoms with Crippen molar-refractivity contribution in [3.05, 3.63) is 53.9 Å². The summed E-state index contributed by atoms with van der Waals surface area (Å²) in [5, 5.41) is 0. The quantitative estimate of drug-likeness (QED) is 0.869. The van der Waals surface area contributed by atoms with Gasteiger partial charge < -0.3 is 14.2 Å². The van der Waals surface area contributed by atoms with Gasteiger partial charge in [0.15, 0.2) is 0 Å². The fourth-order valence-electron chi connectivity index (χ4n) is 3.11. The summed E-state index contributed by atoms with van der Waals surface area (Å²) in [6.07, 6.45) is 3.41. The monoisotopic (exact) mass is 298 g/mol. The molecule has 0 bridgehead atoms. The van der Waals surface area contributed by atoms with Gasteiger partial charge in [-0.3, -0.25) is 4.79 Å². The van der Waals surface area contributed by atoms with Crippen molar-refractivity contribution in [1.29, 1.82) is 0 Å². The van der Waals surface area contributed by atoms with E-state index in [4.69, 9.17) is 4.74 Å². The Bertz CT molecular complexity index is 645. The number of hydrogen-bond donors (Lipinski definition) is 0. The van der Waals surface area contributed by atoms with Crippen LogP contribution in [0.1, 0.15) is 30.6 Å². The summed E-state index contributed by atoms with van der Waals surface area (Å²) in [6.45, 7) is 3.79. The lowest BCUT2D eigenvalue weighted by molar-refractivity contribution is -0.134. The van der Waals surface area contributed by atoms with Gasteiger partial charge in [-0.15, -0.1) is 0 Å². The van der Waals surface area contributed by atoms with E-state index in [0.717, 1.165) is 25.3 Å². The topological polar surface area (TPSA) is 34.5 Å². The van der Waals surface area contributed by atoms with Crippen molar-refractivity contribution in [2.75, 3.05) is 13.7 Å². The van der Waals surface area contributed by atoms with Crippen molar-refractivity contribution in [2.24, 2.45) is 0 Å². The zero-order chi connectivity index (χ0) is 15.5. The van der Waals surface area contributed by atoms with Crippen LogP contribution in [0.5, 0.6) is 5.75 Å². The first-order valence-corrected chi connectivity index (χ1v) is 7.76. The summed E-state index contributed by atoms with van der Waals surface area (Å²) in [6, 6.07) is 12.2. The number of nitrogens with zero attached hydrogens (tertiary/aromatic N) is 2. The van der Waals surface area contributed by atoms with Gasteiger partial charge in [0.05, 0.1) is 13.2 Å². The van der Waals surface area contributed by atoms with Crippen LogP contribution < -0.4 is 4.74 Å². The van der Waals surface area contributed by atoms with Gasteiger partial charge in [0, 0.05) is 31.4 Å². The van der Waals surface area contributed by atoms with Crippen molar-refractivity contribution in [2.45, 2.75) is 32.4 Å². The van der Waals surface area contributed by atoms with Crippen LogP contribution in [0, 0.1) is 0 Å². The third-order valence-corrected chi connectivity index (χ3v) is 4.45. The fraction of sp³-hybridized carbons (Fsp3) is 0.389. The number of aromatic nitrogens is 1. The number of hydrogen-bond acceptors (Lipinski definition) is 2. The lowest BCUT2D eigenvalue weighted by atomic mass is 10.1. The van der Waals surface area contributed by atoms with Crippen molar-refractivity contribution in [3.63, 3.8) is 0 Å². The van der Waals surface area contributed by atoms with Crippen LogP contribution in [0.25, 0.3) is 0 Å². The molecule has 1 aromatic carbocycles. The van der Waals surface area contributed by atoms with Crippen LogP contribution in [0.2, 0.25) is 0 Å². The number of carbonyl (C=O) groups excluding carboxylic acids is 1. The molecule has 0 saturated carbocycles. The molecule has 4 nitrogen and oxygen atoms in total. The predicted octanol–water partition coefficient (Wildman–Crippen LogP) is 3.03. The molecule has 1 aliphatic rings. The lowest BCUT2D eigenvalue weighted by Gasteiger charge is -2.35. The van der Waals surface area contributed by atoms with E-state index in [1.807, 2.05) is 29.2 Å². The van der Waals surface area contributed by atoms with E-state index in [1.165, 1.54) is 11.3 Å². The number of amides is 1. The molecule has 1 atom stereocenters. The molecule has 0 N–H and O–H groups in total. The molecule has 3 rings (SSSR count). The molecule has 4 heteroatoms. The maximum Gasteiger partial charge on any atom is 0.223 e. The summed E-state index contributed by atoms with van der Waals surface area (Å²) >= 11 is 0. The first kappa shape index (κ1) is 14.7. The van der Waals surface area contributed by atoms with E-state index in [9.17, 15) is 4.79 Å². The Kier molecular flexibility index (Phi) is 4.18. The van der Waals surface area contributed by atoms with Crippen molar-refractivity contribution in [3.8, 4) is 5.75 Å². The van der Waals surface area contributed by atoms with E-state index in [2.05, 4.69) is 29.8 Å². The van der Waals surface area contributed by atoms with Crippen molar-refractivity contribution in [1.82, 2.24) is 9.47 Å². The van der Waals surface area contributed by atoms with Crippen molar-refractivity contribution < 1.29 is 9.53 Å². The zero-order valence-corrected chi connectivity index (χ0v) is 13.2. The molecule has 2 aromatic rings. The Morgan fingerprint density at radius 2 is 2.00 bits per heavy atom. The van der Waals surface area contributed by atoms with Gasteiger partial charge in [-0.1, -0.05) is 12.1 Å². The average molecular weight is 298 g/mol. The highest BCUT2D eigenvalue weighted by Gasteiger charge is 2.26. The summed E-state index contributed by atoms with van der Waals surface area (Å²) in [7, 11) is 1.66. The fourth-order valence-corrected chi connectivity index (χ4v) is 3.11. The first-order valence-electron chi connectivity index (χ1n) is 7.76. The number of fused-ring (bicyclic) bond motifs is 1. The summed E-state index contributed by atoms with van der Waals surface area (Å²) < 4.78 is 7.39. The minimum absolute atomic E-state index is 0.159. The molecule has 0 aliphatic carbocycles. The first-order chi connectivity index (χ1) is 10.7. The number of rotatable bonds is 4. The van der Waals surface area contributed by atoms with Crippen LogP contribution in [0.4, 0.5) is 0 Å². The summed E-state index contributed by atoms with van der Waals surface area (Å²) in [4.78, 5) is 14.5. The van der Waals surface area contributed by atoms with E-state index < -0.39 is 0 Å². The van der Waals surface area contributed by atoms with Gasteiger partial charge in [-0.25, -0.2) is 0 Å². The largest absolute Gasteiger partial charge is 0.497 e. The molecule has 22 heavy (non-hydrogen) atoms. The maximum atomic E-state index is 12.5. The SMILES string of the molecule is COc1ccc(CCC(=O)N2CCn3cccc3C2C)cc1. The molecular formula is C18H22N2O2. The highest BCUT2D eigenvalue weighted by atomic mass is 16.5. The van der Waals surface area contributed by atoms with Crippen molar-refractivity contribution >= 4 is 5.91 Å². The van der Waals surface area contributed by atoms with E-state index in [0.29, 0.717) is 6.42 Å². The van der Waals surface area contributed by atoms with E-state index >= 15 is 0 Å². The Morgan fingerprint density at radius 3 is 2.73 bits per heavy atom. The Morgan fingerprint density at radius 1 is 1.23 bits per heavy atom. The smallest absolute Gasteiger partial charge is 0.223 e. The molecular weight excluding hydrogens is 276 g/mol. The normalized spacial score (nSPS) is 17.2. The number of carbonyl (C=O) groups is 1. The minimum atomic E-state index is 0.159. The molecule has 1 amide bonds. The highest BCUT2D eigenvalue weighted by molar-refractivity contribution is 5.77. The standard InChI is InChI=1S/C18H22N2O2/c1-14-17-4-3-11-19(17)12-13-20(14)18(21)10-7-15-5-8-16(22-2)9-6-15/h3-6,8-9,11,14H,7,10,12-13H2,1-2H3. The molecule has 0 fully saturated rings. The lowest BCUT2D eigenvalue weighted by Crippen LogP contribution is -2.40. The summed E-state index contributed by atoms with van der Waals surface area (Å²) in [5.74, 6) is 1.08. The number of benzene rings is 1. The zero-order valence-electron chi connectivity index (χ0n) is 13.2. The molecule has 2 heterocycles. The Labute approximate surface area is 131 Å². The van der Waals surface area contributed by atoms with Gasteiger partial charge in [-0.2, -0.15) is 0 Å². The molecule has 0 spiro atoms. The van der Waals surface area contributed by atoms with Crippen LogP contribution >= 0.6 is 0 Å². The minimum Gasteiger partial charge on any atom is -0.497 e. The van der Waals surface area contributed by atoms with Gasteiger partial charge in [0.1, 0.15) is 5.75 Å². The molecule has 1 aliphatic heterocycles. The van der Waals surface area contributed by atoms with Gasteiger partial charge in [0.25, 0.3) is 0 Å². The van der Waals surface area contributed by atoms with Crippen LogP contribution in [0.15, 0.2) is 42.6 Å². The number of methoxy groups -OCH3 is 1. The highest BCUT2D eigenvalue weighted by Crippen LogP contribution is 2.26. The molecule has 116 valence electrons. The van der Waals surface area contributed by atoms with Gasteiger partial charge >= 0.3 is 0 Å². The van der Waals surface area contributed by atoms with E-state index in [1.54, 1.807) is 7.11 Å². The number of ether oxygens (including phenoxy) is 1. The third-order valence-electron chi connectivity index (χ3n) is 4.45. The third kappa shape index (κ3) is 2.86. The second-order valence-corrected chi connectivity index (χ2v) is 5.74. The Balaban J connectivity index is 1.60. The summed E-state index contributed by atoms with van der Waals surface area (Å²) in [5.41, 5.74) is 2.39. The van der Waals surface area contributed by atoms with Crippen LogP contribution in [0.3, 0.4) is 0 Å². The molecule has 0 radical (unpaired) electrons. The second-order valence-electron chi connectivity index (χ2n) is 5.74. The predicted molar refractivity (Wildman–Crippen MR) is 85.9 cm³/mol. The molecule has 0 saturated heterocycles.